The second-order valence-electron chi connectivity index (χ2n) is 5.37. The van der Waals surface area contributed by atoms with E-state index in [9.17, 15) is 10.1 Å². The molecule has 2 heterocycles. The summed E-state index contributed by atoms with van der Waals surface area (Å²) in [6.45, 7) is 0. The van der Waals surface area contributed by atoms with Crippen LogP contribution in [0.15, 0.2) is 36.7 Å². The maximum Gasteiger partial charge on any atom is 0.323 e. The molecule has 1 aliphatic carbocycles. The number of pyridine rings is 1. The van der Waals surface area contributed by atoms with Gasteiger partial charge in [-0.3, -0.25) is 9.88 Å². The van der Waals surface area contributed by atoms with Gasteiger partial charge in [0, 0.05) is 17.0 Å². The summed E-state index contributed by atoms with van der Waals surface area (Å²) < 4.78 is 0. The van der Waals surface area contributed by atoms with Gasteiger partial charge in [0.25, 0.3) is 0 Å². The van der Waals surface area contributed by atoms with E-state index in [1.165, 1.54) is 0 Å². The van der Waals surface area contributed by atoms with Crippen LogP contribution in [0.2, 0.25) is 0 Å². The Balaban J connectivity index is 1.91. The van der Waals surface area contributed by atoms with Crippen LogP contribution in [0.5, 0.6) is 0 Å². The second kappa shape index (κ2) is 3.70. The number of benzene rings is 1. The van der Waals surface area contributed by atoms with Crippen LogP contribution in [0.3, 0.4) is 0 Å². The number of carbonyl (C=O) groups is 1. The highest BCUT2D eigenvalue weighted by Crippen LogP contribution is 2.46. The SMILES string of the molecule is N#CC1N(c2cncc3ccccc23)C(=O)NC12CC2. The average molecular weight is 264 g/mol. The molecule has 1 spiro atoms. The monoisotopic (exact) mass is 264 g/mol. The fraction of sp³-hybridized carbons (Fsp3) is 0.267. The highest BCUT2D eigenvalue weighted by Gasteiger charge is 2.60. The van der Waals surface area contributed by atoms with Crippen LogP contribution < -0.4 is 10.2 Å². The molecule has 0 radical (unpaired) electrons. The van der Waals surface area contributed by atoms with E-state index in [0.29, 0.717) is 5.69 Å². The first-order valence-corrected chi connectivity index (χ1v) is 6.59. The van der Waals surface area contributed by atoms with Gasteiger partial charge in [0.15, 0.2) is 0 Å². The van der Waals surface area contributed by atoms with Crippen molar-refractivity contribution in [3.63, 3.8) is 0 Å². The Morgan fingerprint density at radius 3 is 2.90 bits per heavy atom. The van der Waals surface area contributed by atoms with Gasteiger partial charge in [-0.05, 0) is 12.8 Å². The number of nitrogens with zero attached hydrogens (tertiary/aromatic N) is 3. The summed E-state index contributed by atoms with van der Waals surface area (Å²) in [6.07, 6.45) is 5.16. The number of hydrogen-bond donors (Lipinski definition) is 1. The number of amides is 2. The Bertz CT molecular complexity index is 755. The summed E-state index contributed by atoms with van der Waals surface area (Å²) >= 11 is 0. The molecule has 20 heavy (non-hydrogen) atoms. The predicted molar refractivity (Wildman–Crippen MR) is 74.1 cm³/mol. The van der Waals surface area contributed by atoms with Crippen molar-refractivity contribution in [3.05, 3.63) is 36.7 Å². The summed E-state index contributed by atoms with van der Waals surface area (Å²) in [5.41, 5.74) is 0.360. The summed E-state index contributed by atoms with van der Waals surface area (Å²) in [5.74, 6) is 0. The maximum atomic E-state index is 12.3. The minimum Gasteiger partial charge on any atom is -0.329 e. The van der Waals surface area contributed by atoms with Crippen molar-refractivity contribution in [2.45, 2.75) is 24.4 Å². The van der Waals surface area contributed by atoms with E-state index in [1.54, 1.807) is 17.3 Å². The van der Waals surface area contributed by atoms with Crippen LogP contribution in [-0.2, 0) is 0 Å². The lowest BCUT2D eigenvalue weighted by Gasteiger charge is -2.21. The Morgan fingerprint density at radius 1 is 1.35 bits per heavy atom. The van der Waals surface area contributed by atoms with Crippen LogP contribution in [0.4, 0.5) is 10.5 Å². The van der Waals surface area contributed by atoms with Crippen molar-refractivity contribution in [2.75, 3.05) is 4.90 Å². The van der Waals surface area contributed by atoms with E-state index in [1.807, 2.05) is 24.3 Å². The van der Waals surface area contributed by atoms with Gasteiger partial charge in [0.2, 0.25) is 0 Å². The average Bonchev–Trinajstić information content (AvgIpc) is 3.17. The topological polar surface area (TPSA) is 69.0 Å². The molecule has 1 aromatic heterocycles. The fourth-order valence-electron chi connectivity index (χ4n) is 2.96. The number of rotatable bonds is 1. The van der Waals surface area contributed by atoms with Gasteiger partial charge in [0.05, 0.1) is 23.5 Å². The second-order valence-corrected chi connectivity index (χ2v) is 5.37. The molecule has 1 aromatic carbocycles. The van der Waals surface area contributed by atoms with Gasteiger partial charge in [-0.1, -0.05) is 24.3 Å². The van der Waals surface area contributed by atoms with Crippen molar-refractivity contribution in [1.29, 1.82) is 5.26 Å². The summed E-state index contributed by atoms with van der Waals surface area (Å²) in [4.78, 5) is 18.0. The molecule has 4 rings (SSSR count). The van der Waals surface area contributed by atoms with Gasteiger partial charge in [0.1, 0.15) is 6.04 Å². The molecule has 2 fully saturated rings. The molecule has 1 saturated heterocycles. The first-order valence-electron chi connectivity index (χ1n) is 6.59. The van der Waals surface area contributed by atoms with Crippen LogP contribution in [0, 0.1) is 11.3 Å². The number of carbonyl (C=O) groups excluding carboxylic acids is 1. The number of nitrogens with one attached hydrogen (secondary N) is 1. The van der Waals surface area contributed by atoms with E-state index >= 15 is 0 Å². The largest absolute Gasteiger partial charge is 0.329 e. The standard InChI is InChI=1S/C15H12N4O/c16-7-13-15(5-6-15)18-14(20)19(13)12-9-17-8-10-3-1-2-4-11(10)12/h1-4,8-9,13H,5-6H2,(H,18,20). The zero-order valence-electron chi connectivity index (χ0n) is 10.7. The van der Waals surface area contributed by atoms with Gasteiger partial charge in [-0.15, -0.1) is 0 Å². The molecule has 0 bridgehead atoms. The van der Waals surface area contributed by atoms with E-state index in [2.05, 4.69) is 16.4 Å². The highest BCUT2D eigenvalue weighted by atomic mass is 16.2. The lowest BCUT2D eigenvalue weighted by Crippen LogP contribution is -2.37. The maximum absolute atomic E-state index is 12.3. The van der Waals surface area contributed by atoms with Crippen LogP contribution in [0.1, 0.15) is 12.8 Å². The Kier molecular flexibility index (Phi) is 2.08. The summed E-state index contributed by atoms with van der Waals surface area (Å²) in [6, 6.07) is 9.38. The van der Waals surface area contributed by atoms with E-state index in [-0.39, 0.29) is 11.6 Å². The molecule has 1 aliphatic heterocycles. The zero-order valence-corrected chi connectivity index (χ0v) is 10.7. The molecule has 1 unspecified atom stereocenters. The molecule has 2 amide bonds. The Labute approximate surface area is 115 Å². The molecule has 5 nitrogen and oxygen atoms in total. The number of fused-ring (bicyclic) bond motifs is 1. The zero-order chi connectivity index (χ0) is 13.7. The first kappa shape index (κ1) is 11.2. The number of aromatic nitrogens is 1. The van der Waals surface area contributed by atoms with Gasteiger partial charge >= 0.3 is 6.03 Å². The molecular weight excluding hydrogens is 252 g/mol. The number of nitriles is 1. The minimum atomic E-state index is -0.456. The predicted octanol–water partition coefficient (Wildman–Crippen LogP) is 2.19. The number of hydrogen-bond acceptors (Lipinski definition) is 3. The van der Waals surface area contributed by atoms with Crippen LogP contribution in [0.25, 0.3) is 10.8 Å². The first-order chi connectivity index (χ1) is 9.75. The normalized spacial score (nSPS) is 22.9. The number of anilines is 1. The molecule has 2 aromatic rings. The smallest absolute Gasteiger partial charge is 0.323 e. The Hall–Kier alpha value is -2.61. The third kappa shape index (κ3) is 1.36. The molecule has 5 heteroatoms. The lowest BCUT2D eigenvalue weighted by molar-refractivity contribution is 0.250. The summed E-state index contributed by atoms with van der Waals surface area (Å²) in [7, 11) is 0. The van der Waals surface area contributed by atoms with Crippen molar-refractivity contribution in [1.82, 2.24) is 10.3 Å². The molecule has 1 saturated carbocycles. The fourth-order valence-corrected chi connectivity index (χ4v) is 2.96. The molecular formula is C15H12N4O. The van der Waals surface area contributed by atoms with E-state index < -0.39 is 6.04 Å². The van der Waals surface area contributed by atoms with Crippen LogP contribution in [-0.4, -0.2) is 22.6 Å². The van der Waals surface area contributed by atoms with Crippen LogP contribution >= 0.6 is 0 Å². The van der Waals surface area contributed by atoms with E-state index in [0.717, 1.165) is 23.6 Å². The highest BCUT2D eigenvalue weighted by molar-refractivity contribution is 6.05. The third-order valence-corrected chi connectivity index (χ3v) is 4.17. The molecule has 98 valence electrons. The third-order valence-electron chi connectivity index (χ3n) is 4.17. The lowest BCUT2D eigenvalue weighted by atomic mass is 10.1. The van der Waals surface area contributed by atoms with Crippen molar-refractivity contribution in [3.8, 4) is 6.07 Å². The Morgan fingerprint density at radius 2 is 2.15 bits per heavy atom. The quantitative estimate of drug-likeness (QED) is 0.858. The van der Waals surface area contributed by atoms with Gasteiger partial charge in [-0.2, -0.15) is 5.26 Å². The molecule has 2 aliphatic rings. The van der Waals surface area contributed by atoms with E-state index in [4.69, 9.17) is 0 Å². The molecule has 1 atom stereocenters. The van der Waals surface area contributed by atoms with Crippen molar-refractivity contribution in [2.24, 2.45) is 0 Å². The van der Waals surface area contributed by atoms with Crippen molar-refractivity contribution >= 4 is 22.5 Å². The van der Waals surface area contributed by atoms with Crippen molar-refractivity contribution < 1.29 is 4.79 Å². The van der Waals surface area contributed by atoms with Gasteiger partial charge < -0.3 is 5.32 Å². The summed E-state index contributed by atoms with van der Waals surface area (Å²) in [5, 5.41) is 14.3. The number of urea groups is 1. The molecule has 1 N–H and O–H groups in total. The van der Waals surface area contributed by atoms with Gasteiger partial charge in [-0.25, -0.2) is 4.79 Å². The minimum absolute atomic E-state index is 0.202.